The first-order valence-electron chi connectivity index (χ1n) is 6.79. The van der Waals surface area contributed by atoms with Crippen LogP contribution in [0, 0.1) is 5.92 Å². The Balaban J connectivity index is 1.90. The van der Waals surface area contributed by atoms with Gasteiger partial charge in [0.05, 0.1) is 0 Å². The fraction of sp³-hybridized carbons (Fsp3) is 0.923. The van der Waals surface area contributed by atoms with E-state index in [0.29, 0.717) is 6.42 Å². The van der Waals surface area contributed by atoms with E-state index in [1.54, 1.807) is 0 Å². The zero-order valence-corrected chi connectivity index (χ0v) is 10.3. The Morgan fingerprint density at radius 1 is 1.12 bits per heavy atom. The molecule has 0 aromatic rings. The normalized spacial score (nSPS) is 16.6. The van der Waals surface area contributed by atoms with Crippen LogP contribution >= 0.6 is 0 Å². The highest BCUT2D eigenvalue weighted by Crippen LogP contribution is 2.23. The summed E-state index contributed by atoms with van der Waals surface area (Å²) in [6, 6.07) is 0. The van der Waals surface area contributed by atoms with Gasteiger partial charge in [-0.05, 0) is 38.1 Å². The van der Waals surface area contributed by atoms with Gasteiger partial charge in [0.25, 0.3) is 0 Å². The van der Waals surface area contributed by atoms with Crippen molar-refractivity contribution in [3.05, 3.63) is 0 Å². The Hall–Kier alpha value is -0.570. The lowest BCUT2D eigenvalue weighted by Crippen LogP contribution is -2.27. The molecule has 0 heterocycles. The summed E-state index contributed by atoms with van der Waals surface area (Å²) in [5.74, 6) is 0.987. The van der Waals surface area contributed by atoms with Crippen LogP contribution in [0.4, 0.5) is 0 Å². The Morgan fingerprint density at radius 2 is 1.81 bits per heavy atom. The summed E-state index contributed by atoms with van der Waals surface area (Å²) in [5.41, 5.74) is 5.41. The third-order valence-electron chi connectivity index (χ3n) is 3.42. The fourth-order valence-corrected chi connectivity index (χ4v) is 2.34. The van der Waals surface area contributed by atoms with Gasteiger partial charge in [-0.2, -0.15) is 0 Å². The van der Waals surface area contributed by atoms with Crippen LogP contribution in [0.5, 0.6) is 0 Å². The van der Waals surface area contributed by atoms with E-state index in [1.165, 1.54) is 25.7 Å². The second-order valence-corrected chi connectivity index (χ2v) is 4.91. The third-order valence-corrected chi connectivity index (χ3v) is 3.42. The fourth-order valence-electron chi connectivity index (χ4n) is 2.34. The Bertz CT molecular complexity index is 188. The molecule has 3 nitrogen and oxygen atoms in total. The standard InChI is InChI=1S/C13H26N2O/c14-10-6-2-1-3-9-13(16)15-11-12-7-4-5-8-12/h12H,1-11,14H2,(H,15,16). The lowest BCUT2D eigenvalue weighted by atomic mass is 10.1. The predicted octanol–water partition coefficient (Wildman–Crippen LogP) is 2.20. The molecule has 0 aromatic carbocycles. The van der Waals surface area contributed by atoms with Crippen LogP contribution in [0.2, 0.25) is 0 Å². The zero-order valence-electron chi connectivity index (χ0n) is 10.3. The van der Waals surface area contributed by atoms with Gasteiger partial charge in [-0.15, -0.1) is 0 Å². The van der Waals surface area contributed by atoms with Gasteiger partial charge in [-0.25, -0.2) is 0 Å². The van der Waals surface area contributed by atoms with Gasteiger partial charge in [-0.1, -0.05) is 25.7 Å². The Labute approximate surface area is 99.2 Å². The predicted molar refractivity (Wildman–Crippen MR) is 67.1 cm³/mol. The molecule has 0 atom stereocenters. The van der Waals surface area contributed by atoms with Crippen molar-refractivity contribution in [1.82, 2.24) is 5.32 Å². The highest BCUT2D eigenvalue weighted by atomic mass is 16.1. The first-order valence-corrected chi connectivity index (χ1v) is 6.79. The Morgan fingerprint density at radius 3 is 2.50 bits per heavy atom. The second kappa shape index (κ2) is 8.57. The maximum absolute atomic E-state index is 11.5. The summed E-state index contributed by atoms with van der Waals surface area (Å²) in [4.78, 5) is 11.5. The zero-order chi connectivity index (χ0) is 11.6. The molecule has 94 valence electrons. The Kier molecular flexibility index (Phi) is 7.23. The number of hydrogen-bond acceptors (Lipinski definition) is 2. The summed E-state index contributed by atoms with van der Waals surface area (Å²) < 4.78 is 0. The average molecular weight is 226 g/mol. The van der Waals surface area contributed by atoms with Crippen LogP contribution in [0.15, 0.2) is 0 Å². The number of hydrogen-bond donors (Lipinski definition) is 2. The smallest absolute Gasteiger partial charge is 0.220 e. The highest BCUT2D eigenvalue weighted by molar-refractivity contribution is 5.75. The highest BCUT2D eigenvalue weighted by Gasteiger charge is 2.15. The molecule has 16 heavy (non-hydrogen) atoms. The van der Waals surface area contributed by atoms with Gasteiger partial charge < -0.3 is 11.1 Å². The van der Waals surface area contributed by atoms with Gasteiger partial charge in [-0.3, -0.25) is 4.79 Å². The number of carbonyl (C=O) groups excluding carboxylic acids is 1. The molecular formula is C13H26N2O. The van der Waals surface area contributed by atoms with Gasteiger partial charge in [0.15, 0.2) is 0 Å². The summed E-state index contributed by atoms with van der Waals surface area (Å²) in [5, 5.41) is 3.05. The van der Waals surface area contributed by atoms with E-state index < -0.39 is 0 Å². The molecule has 1 rings (SSSR count). The van der Waals surface area contributed by atoms with Crippen LogP contribution in [0.1, 0.15) is 57.8 Å². The van der Waals surface area contributed by atoms with Crippen molar-refractivity contribution in [2.24, 2.45) is 11.7 Å². The van der Waals surface area contributed by atoms with Crippen LogP contribution in [0.25, 0.3) is 0 Å². The minimum Gasteiger partial charge on any atom is -0.356 e. The largest absolute Gasteiger partial charge is 0.356 e. The molecule has 1 fully saturated rings. The molecular weight excluding hydrogens is 200 g/mol. The first kappa shape index (κ1) is 13.5. The van der Waals surface area contributed by atoms with Crippen molar-refractivity contribution in [3.63, 3.8) is 0 Å². The van der Waals surface area contributed by atoms with Crippen molar-refractivity contribution in [2.45, 2.75) is 57.8 Å². The number of nitrogens with two attached hydrogens (primary N) is 1. The summed E-state index contributed by atoms with van der Waals surface area (Å²) in [6.45, 7) is 1.68. The minimum atomic E-state index is 0.236. The molecule has 0 saturated heterocycles. The maximum atomic E-state index is 11.5. The van der Waals surface area contributed by atoms with E-state index in [4.69, 9.17) is 5.73 Å². The quantitative estimate of drug-likeness (QED) is 0.623. The van der Waals surface area contributed by atoms with E-state index in [1.807, 2.05) is 0 Å². The van der Waals surface area contributed by atoms with Crippen LogP contribution in [0.3, 0.4) is 0 Å². The van der Waals surface area contributed by atoms with Crippen LogP contribution < -0.4 is 11.1 Å². The molecule has 1 aliphatic carbocycles. The van der Waals surface area contributed by atoms with Crippen molar-refractivity contribution >= 4 is 5.91 Å². The third kappa shape index (κ3) is 6.11. The van der Waals surface area contributed by atoms with E-state index in [9.17, 15) is 4.79 Å². The van der Waals surface area contributed by atoms with Crippen molar-refractivity contribution in [2.75, 3.05) is 13.1 Å². The van der Waals surface area contributed by atoms with E-state index in [2.05, 4.69) is 5.32 Å². The number of rotatable bonds is 8. The molecule has 0 aliphatic heterocycles. The SMILES string of the molecule is NCCCCCCC(=O)NCC1CCCC1. The molecule has 3 heteroatoms. The second-order valence-electron chi connectivity index (χ2n) is 4.91. The van der Waals surface area contributed by atoms with E-state index in [-0.39, 0.29) is 5.91 Å². The lowest BCUT2D eigenvalue weighted by Gasteiger charge is -2.10. The molecule has 1 aliphatic rings. The molecule has 1 saturated carbocycles. The van der Waals surface area contributed by atoms with Gasteiger partial charge in [0, 0.05) is 13.0 Å². The number of amides is 1. The van der Waals surface area contributed by atoms with E-state index >= 15 is 0 Å². The molecule has 3 N–H and O–H groups in total. The average Bonchev–Trinajstić information content (AvgIpc) is 2.79. The van der Waals surface area contributed by atoms with Crippen molar-refractivity contribution in [1.29, 1.82) is 0 Å². The summed E-state index contributed by atoms with van der Waals surface area (Å²) >= 11 is 0. The van der Waals surface area contributed by atoms with E-state index in [0.717, 1.165) is 44.7 Å². The van der Waals surface area contributed by atoms with Gasteiger partial charge in [0.2, 0.25) is 5.91 Å². The first-order chi connectivity index (χ1) is 7.83. The van der Waals surface area contributed by atoms with Crippen molar-refractivity contribution < 1.29 is 4.79 Å². The molecule has 0 radical (unpaired) electrons. The summed E-state index contributed by atoms with van der Waals surface area (Å²) in [7, 11) is 0. The molecule has 1 amide bonds. The van der Waals surface area contributed by atoms with Gasteiger partial charge >= 0.3 is 0 Å². The number of carbonyl (C=O) groups is 1. The molecule has 0 bridgehead atoms. The summed E-state index contributed by atoms with van der Waals surface area (Å²) in [6.07, 6.45) is 10.4. The monoisotopic (exact) mass is 226 g/mol. The topological polar surface area (TPSA) is 55.1 Å². The molecule has 0 spiro atoms. The van der Waals surface area contributed by atoms with Crippen LogP contribution in [-0.4, -0.2) is 19.0 Å². The number of unbranched alkanes of at least 4 members (excludes halogenated alkanes) is 3. The lowest BCUT2D eigenvalue weighted by molar-refractivity contribution is -0.121. The molecule has 0 aromatic heterocycles. The van der Waals surface area contributed by atoms with Crippen LogP contribution in [-0.2, 0) is 4.79 Å². The molecule has 0 unspecified atom stereocenters. The minimum absolute atomic E-state index is 0.236. The number of nitrogens with one attached hydrogen (secondary N) is 1. The van der Waals surface area contributed by atoms with Gasteiger partial charge in [0.1, 0.15) is 0 Å². The van der Waals surface area contributed by atoms with Crippen molar-refractivity contribution in [3.8, 4) is 0 Å². The maximum Gasteiger partial charge on any atom is 0.220 e.